The molecule has 1 atom stereocenters. The second-order valence-electron chi connectivity index (χ2n) is 5.56. The first-order valence-corrected chi connectivity index (χ1v) is 6.76. The largest absolute Gasteiger partial charge is 0.366 e. The van der Waals surface area contributed by atoms with E-state index in [1.807, 2.05) is 11.4 Å². The van der Waals surface area contributed by atoms with Crippen molar-refractivity contribution in [3.63, 3.8) is 0 Å². The Balaban J connectivity index is 2.38. The molecule has 0 saturated carbocycles. The van der Waals surface area contributed by atoms with Crippen LogP contribution in [-0.4, -0.2) is 12.5 Å². The minimum Gasteiger partial charge on any atom is -0.366 e. The van der Waals surface area contributed by atoms with E-state index in [9.17, 15) is 4.79 Å². The molecular formula is C13H22N2OS. The number of rotatable bonds is 5. The van der Waals surface area contributed by atoms with Crippen LogP contribution >= 0.6 is 11.3 Å². The van der Waals surface area contributed by atoms with E-state index in [-0.39, 0.29) is 5.91 Å². The van der Waals surface area contributed by atoms with E-state index >= 15 is 0 Å². The fraction of sp³-hybridized carbons (Fsp3) is 0.615. The molecule has 4 heteroatoms. The fourth-order valence-electron chi connectivity index (χ4n) is 1.32. The molecule has 17 heavy (non-hydrogen) atoms. The van der Waals surface area contributed by atoms with E-state index in [2.05, 4.69) is 33.0 Å². The SMILES string of the molecule is CC(CNCc1cc(C(N)=O)cs1)C(C)(C)C. The third-order valence-electron chi connectivity index (χ3n) is 3.17. The number of carbonyl (C=O) groups excluding carboxylic acids is 1. The Morgan fingerprint density at radius 3 is 2.65 bits per heavy atom. The van der Waals surface area contributed by atoms with E-state index < -0.39 is 0 Å². The first-order valence-electron chi connectivity index (χ1n) is 5.88. The summed E-state index contributed by atoms with van der Waals surface area (Å²) in [5, 5.41) is 5.23. The zero-order chi connectivity index (χ0) is 13.1. The molecule has 1 unspecified atom stereocenters. The number of nitrogens with two attached hydrogens (primary N) is 1. The van der Waals surface area contributed by atoms with Crippen LogP contribution < -0.4 is 11.1 Å². The Morgan fingerprint density at radius 1 is 1.53 bits per heavy atom. The van der Waals surface area contributed by atoms with Gasteiger partial charge in [0.05, 0.1) is 5.56 Å². The molecule has 96 valence electrons. The van der Waals surface area contributed by atoms with E-state index in [0.29, 0.717) is 16.9 Å². The molecule has 0 bridgehead atoms. The normalized spacial score (nSPS) is 13.6. The first-order chi connectivity index (χ1) is 7.80. The molecule has 1 amide bonds. The number of hydrogen-bond donors (Lipinski definition) is 2. The average molecular weight is 254 g/mol. The van der Waals surface area contributed by atoms with Crippen LogP contribution in [0.25, 0.3) is 0 Å². The van der Waals surface area contributed by atoms with Gasteiger partial charge in [0.2, 0.25) is 5.91 Å². The molecule has 1 heterocycles. The molecule has 0 saturated heterocycles. The fourth-order valence-corrected chi connectivity index (χ4v) is 2.16. The molecule has 3 nitrogen and oxygen atoms in total. The highest BCUT2D eigenvalue weighted by atomic mass is 32.1. The minimum atomic E-state index is -0.351. The number of nitrogens with one attached hydrogen (secondary N) is 1. The van der Waals surface area contributed by atoms with Crippen molar-refractivity contribution in [1.82, 2.24) is 5.32 Å². The van der Waals surface area contributed by atoms with Gasteiger partial charge in [-0.3, -0.25) is 4.79 Å². The standard InChI is InChI=1S/C13H22N2OS/c1-9(13(2,3)4)6-15-7-11-5-10(8-17-11)12(14)16/h5,8-9,15H,6-7H2,1-4H3,(H2,14,16). The van der Waals surface area contributed by atoms with Crippen LogP contribution in [0.1, 0.15) is 42.9 Å². The second-order valence-corrected chi connectivity index (χ2v) is 6.56. The zero-order valence-corrected chi connectivity index (χ0v) is 11.9. The molecule has 0 radical (unpaired) electrons. The van der Waals surface area contributed by atoms with Gasteiger partial charge in [-0.25, -0.2) is 0 Å². The average Bonchev–Trinajstić information content (AvgIpc) is 2.64. The van der Waals surface area contributed by atoms with Gasteiger partial charge in [0.25, 0.3) is 0 Å². The smallest absolute Gasteiger partial charge is 0.249 e. The summed E-state index contributed by atoms with van der Waals surface area (Å²) >= 11 is 1.57. The highest BCUT2D eigenvalue weighted by Crippen LogP contribution is 2.24. The Hall–Kier alpha value is -0.870. The zero-order valence-electron chi connectivity index (χ0n) is 11.0. The lowest BCUT2D eigenvalue weighted by molar-refractivity contribution is 0.100. The first kappa shape index (κ1) is 14.2. The molecule has 0 aliphatic heterocycles. The van der Waals surface area contributed by atoms with Gasteiger partial charge in [0.1, 0.15) is 0 Å². The molecule has 0 aliphatic carbocycles. The summed E-state index contributed by atoms with van der Waals surface area (Å²) in [6.45, 7) is 10.8. The quantitative estimate of drug-likeness (QED) is 0.848. The number of primary amides is 1. The molecule has 1 aromatic rings. The van der Waals surface area contributed by atoms with Crippen molar-refractivity contribution in [1.29, 1.82) is 0 Å². The number of amides is 1. The van der Waals surface area contributed by atoms with Gasteiger partial charge >= 0.3 is 0 Å². The van der Waals surface area contributed by atoms with Crippen LogP contribution in [0.2, 0.25) is 0 Å². The monoisotopic (exact) mass is 254 g/mol. The van der Waals surface area contributed by atoms with Crippen molar-refractivity contribution in [3.05, 3.63) is 21.9 Å². The van der Waals surface area contributed by atoms with Crippen LogP contribution in [-0.2, 0) is 6.54 Å². The Morgan fingerprint density at radius 2 is 2.18 bits per heavy atom. The molecule has 0 aliphatic rings. The lowest BCUT2D eigenvalue weighted by Crippen LogP contribution is -2.29. The lowest BCUT2D eigenvalue weighted by atomic mass is 9.82. The van der Waals surface area contributed by atoms with Gasteiger partial charge < -0.3 is 11.1 Å². The predicted molar refractivity (Wildman–Crippen MR) is 73.2 cm³/mol. The van der Waals surface area contributed by atoms with Gasteiger partial charge in [-0.15, -0.1) is 11.3 Å². The van der Waals surface area contributed by atoms with E-state index in [4.69, 9.17) is 5.73 Å². The molecule has 0 aromatic carbocycles. The summed E-state index contributed by atoms with van der Waals surface area (Å²) < 4.78 is 0. The Labute approximate surface area is 107 Å². The van der Waals surface area contributed by atoms with Gasteiger partial charge in [0.15, 0.2) is 0 Å². The third kappa shape index (κ3) is 4.48. The topological polar surface area (TPSA) is 55.1 Å². The van der Waals surface area contributed by atoms with Crippen LogP contribution in [0.5, 0.6) is 0 Å². The van der Waals surface area contributed by atoms with Gasteiger partial charge in [-0.05, 0) is 23.9 Å². The van der Waals surface area contributed by atoms with Crippen LogP contribution in [0.4, 0.5) is 0 Å². The van der Waals surface area contributed by atoms with Gasteiger partial charge in [-0.1, -0.05) is 27.7 Å². The molecule has 1 rings (SSSR count). The summed E-state index contributed by atoms with van der Waals surface area (Å²) in [6.07, 6.45) is 0. The van der Waals surface area contributed by atoms with Gasteiger partial charge in [0, 0.05) is 16.8 Å². The summed E-state index contributed by atoms with van der Waals surface area (Å²) in [5.74, 6) is 0.258. The molecule has 0 spiro atoms. The third-order valence-corrected chi connectivity index (χ3v) is 4.10. The maximum absolute atomic E-state index is 10.9. The molecule has 1 aromatic heterocycles. The highest BCUT2D eigenvalue weighted by molar-refractivity contribution is 7.10. The number of carbonyl (C=O) groups is 1. The second kappa shape index (κ2) is 5.65. The van der Waals surface area contributed by atoms with Crippen molar-refractivity contribution < 1.29 is 4.79 Å². The van der Waals surface area contributed by atoms with E-state index in [1.165, 1.54) is 0 Å². The van der Waals surface area contributed by atoms with Crippen molar-refractivity contribution in [2.45, 2.75) is 34.2 Å². The Bertz CT molecular complexity index is 379. The van der Waals surface area contributed by atoms with E-state index in [1.54, 1.807) is 11.3 Å². The minimum absolute atomic E-state index is 0.320. The predicted octanol–water partition coefficient (Wildman–Crippen LogP) is 2.62. The summed E-state index contributed by atoms with van der Waals surface area (Å²) in [6, 6.07) is 1.86. The van der Waals surface area contributed by atoms with Crippen LogP contribution in [0.3, 0.4) is 0 Å². The Kier molecular flexibility index (Phi) is 4.71. The maximum atomic E-state index is 10.9. The van der Waals surface area contributed by atoms with Crippen LogP contribution in [0.15, 0.2) is 11.4 Å². The van der Waals surface area contributed by atoms with Crippen molar-refractivity contribution >= 4 is 17.2 Å². The highest BCUT2D eigenvalue weighted by Gasteiger charge is 2.19. The molecule has 0 fully saturated rings. The van der Waals surface area contributed by atoms with Crippen LogP contribution in [0, 0.1) is 11.3 Å². The summed E-state index contributed by atoms with van der Waals surface area (Å²) in [5.41, 5.74) is 6.14. The van der Waals surface area contributed by atoms with E-state index in [0.717, 1.165) is 18.0 Å². The lowest BCUT2D eigenvalue weighted by Gasteiger charge is -2.27. The number of hydrogen-bond acceptors (Lipinski definition) is 3. The summed E-state index contributed by atoms with van der Waals surface area (Å²) in [7, 11) is 0. The van der Waals surface area contributed by atoms with Crippen molar-refractivity contribution in [2.24, 2.45) is 17.1 Å². The van der Waals surface area contributed by atoms with Crippen molar-refractivity contribution in [2.75, 3.05) is 6.54 Å². The number of thiophene rings is 1. The van der Waals surface area contributed by atoms with Gasteiger partial charge in [-0.2, -0.15) is 0 Å². The van der Waals surface area contributed by atoms with Crippen molar-refractivity contribution in [3.8, 4) is 0 Å². The summed E-state index contributed by atoms with van der Waals surface area (Å²) in [4.78, 5) is 12.1. The molecule has 3 N–H and O–H groups in total. The molecular weight excluding hydrogens is 232 g/mol. The maximum Gasteiger partial charge on any atom is 0.249 e.